The Hall–Kier alpha value is -2.94. The van der Waals surface area contributed by atoms with Crippen LogP contribution in [0.3, 0.4) is 0 Å². The van der Waals surface area contributed by atoms with Crippen LogP contribution in [0.25, 0.3) is 0 Å². The first-order chi connectivity index (χ1) is 28.8. The summed E-state index contributed by atoms with van der Waals surface area (Å²) in [6.45, 7) is 3.48. The van der Waals surface area contributed by atoms with Gasteiger partial charge in [-0.2, -0.15) is 0 Å². The standard InChI is InChI=1S/C50H90N2O7/c1-3-5-7-9-11-13-14-15-16-17-18-19-20-21-22-23-24-26-28-34-38-42-49(56)59-45(39-35-31-27-25-12-10-8-6-4-2)40-36-32-29-30-33-37-41-47(54)51-43-48(55)52-46(44-53)50(57)58/h14-15,17-18,35,39,45-46,53H,3-13,16,19-34,36-38,40-44H2,1-2H3,(H,51,54)(H,52,55)(H,57,58)/b15-14-,18-17-,39-35-. The molecule has 342 valence electrons. The van der Waals surface area contributed by atoms with Crippen LogP contribution in [-0.2, 0) is 23.9 Å². The van der Waals surface area contributed by atoms with Crippen molar-refractivity contribution in [1.29, 1.82) is 0 Å². The lowest BCUT2D eigenvalue weighted by Gasteiger charge is -2.15. The fraction of sp³-hybridized carbons (Fsp3) is 0.800. The average Bonchev–Trinajstić information content (AvgIpc) is 3.22. The summed E-state index contributed by atoms with van der Waals surface area (Å²) in [7, 11) is 0. The van der Waals surface area contributed by atoms with Crippen molar-refractivity contribution in [2.45, 2.75) is 244 Å². The minimum absolute atomic E-state index is 0.0793. The average molecular weight is 831 g/mol. The molecule has 0 fully saturated rings. The van der Waals surface area contributed by atoms with Crippen LogP contribution in [0.1, 0.15) is 232 Å². The Morgan fingerprint density at radius 1 is 0.525 bits per heavy atom. The number of ether oxygens (including phenoxy) is 1. The van der Waals surface area contributed by atoms with Crippen molar-refractivity contribution < 1.29 is 34.1 Å². The number of hydrogen-bond acceptors (Lipinski definition) is 6. The van der Waals surface area contributed by atoms with Crippen LogP contribution in [-0.4, -0.2) is 59.3 Å². The molecule has 0 aromatic heterocycles. The van der Waals surface area contributed by atoms with E-state index in [1.807, 2.05) is 0 Å². The van der Waals surface area contributed by atoms with Gasteiger partial charge in [-0.1, -0.05) is 179 Å². The number of esters is 1. The first-order valence-electron chi connectivity index (χ1n) is 24.4. The molecule has 9 nitrogen and oxygen atoms in total. The van der Waals surface area contributed by atoms with Gasteiger partial charge in [0.05, 0.1) is 13.2 Å². The quantitative estimate of drug-likeness (QED) is 0.0272. The second kappa shape index (κ2) is 44.6. The summed E-state index contributed by atoms with van der Waals surface area (Å²) in [5.74, 6) is -2.32. The van der Waals surface area contributed by atoms with Crippen molar-refractivity contribution in [1.82, 2.24) is 10.6 Å². The van der Waals surface area contributed by atoms with E-state index in [0.717, 1.165) is 64.2 Å². The van der Waals surface area contributed by atoms with Gasteiger partial charge in [0.2, 0.25) is 11.8 Å². The maximum atomic E-state index is 12.8. The monoisotopic (exact) mass is 831 g/mol. The summed E-state index contributed by atoms with van der Waals surface area (Å²) in [5.41, 5.74) is 0. The van der Waals surface area contributed by atoms with Gasteiger partial charge in [-0.05, 0) is 76.7 Å². The van der Waals surface area contributed by atoms with Crippen LogP contribution >= 0.6 is 0 Å². The van der Waals surface area contributed by atoms with E-state index in [-0.39, 0.29) is 24.5 Å². The maximum absolute atomic E-state index is 12.8. The number of carbonyl (C=O) groups is 4. The van der Waals surface area contributed by atoms with Gasteiger partial charge in [-0.25, -0.2) is 4.79 Å². The van der Waals surface area contributed by atoms with E-state index in [1.54, 1.807) is 0 Å². The zero-order valence-electron chi connectivity index (χ0n) is 38.0. The van der Waals surface area contributed by atoms with Crippen molar-refractivity contribution in [2.24, 2.45) is 0 Å². The van der Waals surface area contributed by atoms with Gasteiger partial charge in [-0.3, -0.25) is 14.4 Å². The Kier molecular flexibility index (Phi) is 42.4. The number of unbranched alkanes of at least 4 members (excludes halogenated alkanes) is 26. The lowest BCUT2D eigenvalue weighted by Crippen LogP contribution is -2.47. The molecule has 0 aromatic carbocycles. The molecule has 0 spiro atoms. The van der Waals surface area contributed by atoms with Gasteiger partial charge >= 0.3 is 11.9 Å². The van der Waals surface area contributed by atoms with Gasteiger partial charge < -0.3 is 25.6 Å². The van der Waals surface area contributed by atoms with Gasteiger partial charge in [-0.15, -0.1) is 0 Å². The zero-order chi connectivity index (χ0) is 43.3. The molecule has 0 heterocycles. The van der Waals surface area contributed by atoms with Gasteiger partial charge in [0.15, 0.2) is 0 Å². The van der Waals surface area contributed by atoms with Crippen molar-refractivity contribution in [3.8, 4) is 0 Å². The lowest BCUT2D eigenvalue weighted by molar-refractivity contribution is -0.147. The molecular formula is C50H90N2O7. The molecule has 4 N–H and O–H groups in total. The van der Waals surface area contributed by atoms with Gasteiger partial charge in [0.1, 0.15) is 12.1 Å². The Bertz CT molecular complexity index is 1090. The summed E-state index contributed by atoms with van der Waals surface area (Å²) in [6.07, 6.45) is 52.0. The number of rotatable bonds is 44. The summed E-state index contributed by atoms with van der Waals surface area (Å²) in [6, 6.07) is -1.38. The number of carboxylic acids is 1. The molecular weight excluding hydrogens is 741 g/mol. The molecule has 2 atom stereocenters. The van der Waals surface area contributed by atoms with E-state index in [9.17, 15) is 19.2 Å². The van der Waals surface area contributed by atoms with Crippen molar-refractivity contribution in [2.75, 3.05) is 13.2 Å². The summed E-state index contributed by atoms with van der Waals surface area (Å²) in [5, 5.41) is 22.5. The molecule has 9 heteroatoms. The van der Waals surface area contributed by atoms with E-state index in [4.69, 9.17) is 14.9 Å². The van der Waals surface area contributed by atoms with E-state index in [0.29, 0.717) is 19.3 Å². The van der Waals surface area contributed by atoms with Crippen molar-refractivity contribution in [3.63, 3.8) is 0 Å². The molecule has 0 aliphatic rings. The first kappa shape index (κ1) is 56.1. The normalized spacial score (nSPS) is 12.7. The number of amides is 2. The Labute approximate surface area is 361 Å². The number of nitrogens with one attached hydrogen (secondary N) is 2. The lowest BCUT2D eigenvalue weighted by atomic mass is 10.0. The molecule has 0 aromatic rings. The zero-order valence-corrected chi connectivity index (χ0v) is 38.0. The van der Waals surface area contributed by atoms with E-state index in [2.05, 4.69) is 60.9 Å². The number of hydrogen-bond donors (Lipinski definition) is 4. The maximum Gasteiger partial charge on any atom is 0.328 e. The topological polar surface area (TPSA) is 142 Å². The number of carbonyl (C=O) groups excluding carboxylic acids is 3. The third-order valence-corrected chi connectivity index (χ3v) is 10.8. The molecule has 0 saturated heterocycles. The van der Waals surface area contributed by atoms with E-state index < -0.39 is 24.5 Å². The highest BCUT2D eigenvalue weighted by Crippen LogP contribution is 2.16. The molecule has 59 heavy (non-hydrogen) atoms. The summed E-state index contributed by atoms with van der Waals surface area (Å²) in [4.78, 5) is 47.5. The van der Waals surface area contributed by atoms with Crippen molar-refractivity contribution >= 4 is 23.8 Å². The van der Waals surface area contributed by atoms with E-state index >= 15 is 0 Å². The second-order valence-electron chi connectivity index (χ2n) is 16.5. The molecule has 0 aliphatic carbocycles. The Morgan fingerprint density at radius 3 is 1.46 bits per heavy atom. The highest BCUT2D eigenvalue weighted by Gasteiger charge is 2.18. The van der Waals surface area contributed by atoms with Crippen LogP contribution in [0.4, 0.5) is 0 Å². The largest absolute Gasteiger partial charge is 0.480 e. The Morgan fingerprint density at radius 2 is 0.966 bits per heavy atom. The summed E-state index contributed by atoms with van der Waals surface area (Å²) < 4.78 is 5.97. The van der Waals surface area contributed by atoms with Crippen molar-refractivity contribution in [3.05, 3.63) is 36.5 Å². The first-order valence-corrected chi connectivity index (χ1v) is 24.4. The van der Waals surface area contributed by atoms with Crippen LogP contribution < -0.4 is 10.6 Å². The number of aliphatic carboxylic acids is 1. The molecule has 0 bridgehead atoms. The fourth-order valence-electron chi connectivity index (χ4n) is 7.07. The molecule has 0 radical (unpaired) electrons. The number of allylic oxidation sites excluding steroid dienone is 5. The van der Waals surface area contributed by atoms with Crippen LogP contribution in [0, 0.1) is 0 Å². The molecule has 0 saturated carbocycles. The SMILES string of the molecule is CCCCCCC/C=C\C/C=C\CCCCCCCCCCCC(=O)OC(/C=C\CCCCCCCCC)CCCCCCCCC(=O)NCC(=O)NC(CO)C(=O)O. The highest BCUT2D eigenvalue weighted by atomic mass is 16.5. The third-order valence-electron chi connectivity index (χ3n) is 10.8. The van der Waals surface area contributed by atoms with Gasteiger partial charge in [0, 0.05) is 12.8 Å². The minimum atomic E-state index is -1.38. The summed E-state index contributed by atoms with van der Waals surface area (Å²) >= 11 is 0. The third kappa shape index (κ3) is 41.6. The number of aliphatic hydroxyl groups excluding tert-OH is 1. The predicted molar refractivity (Wildman–Crippen MR) is 245 cm³/mol. The molecule has 2 amide bonds. The van der Waals surface area contributed by atoms with Crippen LogP contribution in [0.5, 0.6) is 0 Å². The molecule has 0 aliphatic heterocycles. The van der Waals surface area contributed by atoms with Crippen LogP contribution in [0.2, 0.25) is 0 Å². The smallest absolute Gasteiger partial charge is 0.328 e. The Balaban J connectivity index is 4.18. The van der Waals surface area contributed by atoms with Crippen LogP contribution in [0.15, 0.2) is 36.5 Å². The van der Waals surface area contributed by atoms with E-state index in [1.165, 1.54) is 135 Å². The molecule has 0 rings (SSSR count). The predicted octanol–water partition coefficient (Wildman–Crippen LogP) is 12.5. The second-order valence-corrected chi connectivity index (χ2v) is 16.5. The number of carboxylic acid groups (broad SMARTS) is 1. The fourth-order valence-corrected chi connectivity index (χ4v) is 7.07. The highest BCUT2D eigenvalue weighted by molar-refractivity contribution is 5.87. The molecule has 2 unspecified atom stereocenters. The van der Waals surface area contributed by atoms with Gasteiger partial charge in [0.25, 0.3) is 0 Å². The number of aliphatic hydroxyl groups is 1. The minimum Gasteiger partial charge on any atom is -0.480 e.